The standard InChI is InChI=1S/C21H18BrNO/c1-15(23-21(24)19-9-5-6-10-20(19)22)16-11-13-18(14-12-16)17-7-3-2-4-8-17/h2-15H,1H3,(H,23,24)/t15-/m0/s1. The molecule has 0 saturated carbocycles. The fraction of sp³-hybridized carbons (Fsp3) is 0.0952. The third-order valence-electron chi connectivity index (χ3n) is 3.98. The minimum atomic E-state index is -0.0814. The minimum Gasteiger partial charge on any atom is -0.345 e. The van der Waals surface area contributed by atoms with E-state index in [-0.39, 0.29) is 11.9 Å². The summed E-state index contributed by atoms with van der Waals surface area (Å²) in [5.41, 5.74) is 4.08. The van der Waals surface area contributed by atoms with E-state index in [9.17, 15) is 4.79 Å². The van der Waals surface area contributed by atoms with Gasteiger partial charge in [-0.1, -0.05) is 66.7 Å². The van der Waals surface area contributed by atoms with E-state index < -0.39 is 0 Å². The van der Waals surface area contributed by atoms with Crippen LogP contribution >= 0.6 is 15.9 Å². The molecular weight excluding hydrogens is 362 g/mol. The highest BCUT2D eigenvalue weighted by Crippen LogP contribution is 2.22. The topological polar surface area (TPSA) is 29.1 Å². The highest BCUT2D eigenvalue weighted by Gasteiger charge is 2.13. The average Bonchev–Trinajstić information content (AvgIpc) is 2.63. The van der Waals surface area contributed by atoms with Crippen LogP contribution in [0.25, 0.3) is 11.1 Å². The Bertz CT molecular complexity index is 828. The maximum Gasteiger partial charge on any atom is 0.252 e. The first-order chi connectivity index (χ1) is 11.6. The molecular formula is C21H18BrNO. The van der Waals surface area contributed by atoms with Gasteiger partial charge in [0.1, 0.15) is 0 Å². The lowest BCUT2D eigenvalue weighted by Crippen LogP contribution is -2.26. The maximum atomic E-state index is 12.4. The van der Waals surface area contributed by atoms with Crippen molar-refractivity contribution in [3.8, 4) is 11.1 Å². The van der Waals surface area contributed by atoms with Crippen molar-refractivity contribution in [3.05, 3.63) is 94.5 Å². The second-order valence-electron chi connectivity index (χ2n) is 5.66. The van der Waals surface area contributed by atoms with Crippen molar-refractivity contribution < 1.29 is 4.79 Å². The SMILES string of the molecule is C[C@H](NC(=O)c1ccccc1Br)c1ccc(-c2ccccc2)cc1. The van der Waals surface area contributed by atoms with Crippen LogP contribution in [0.3, 0.4) is 0 Å². The Morgan fingerprint density at radius 1 is 0.833 bits per heavy atom. The molecule has 2 nitrogen and oxygen atoms in total. The second kappa shape index (κ2) is 7.45. The molecule has 0 aliphatic heterocycles. The molecule has 0 heterocycles. The van der Waals surface area contributed by atoms with Crippen molar-refractivity contribution in [2.24, 2.45) is 0 Å². The fourth-order valence-electron chi connectivity index (χ4n) is 2.60. The van der Waals surface area contributed by atoms with E-state index in [1.54, 1.807) is 0 Å². The lowest BCUT2D eigenvalue weighted by molar-refractivity contribution is 0.0939. The van der Waals surface area contributed by atoms with E-state index in [2.05, 4.69) is 57.6 Å². The summed E-state index contributed by atoms with van der Waals surface area (Å²) in [5, 5.41) is 3.04. The Hall–Kier alpha value is -2.39. The van der Waals surface area contributed by atoms with Crippen molar-refractivity contribution in [3.63, 3.8) is 0 Å². The van der Waals surface area contributed by atoms with Crippen molar-refractivity contribution in [1.82, 2.24) is 5.32 Å². The first kappa shape index (κ1) is 16.5. The molecule has 0 aromatic heterocycles. The number of halogens is 1. The van der Waals surface area contributed by atoms with Crippen LogP contribution in [0.4, 0.5) is 0 Å². The molecule has 0 unspecified atom stereocenters. The van der Waals surface area contributed by atoms with E-state index in [4.69, 9.17) is 0 Å². The molecule has 120 valence electrons. The Morgan fingerprint density at radius 3 is 2.08 bits per heavy atom. The zero-order valence-electron chi connectivity index (χ0n) is 13.4. The lowest BCUT2D eigenvalue weighted by atomic mass is 10.0. The van der Waals surface area contributed by atoms with Crippen molar-refractivity contribution in [1.29, 1.82) is 0 Å². The van der Waals surface area contributed by atoms with Gasteiger partial charge in [0.25, 0.3) is 5.91 Å². The van der Waals surface area contributed by atoms with Crippen LogP contribution in [-0.4, -0.2) is 5.91 Å². The number of carbonyl (C=O) groups excluding carboxylic acids is 1. The molecule has 0 spiro atoms. The van der Waals surface area contributed by atoms with Gasteiger partial charge in [0.2, 0.25) is 0 Å². The van der Waals surface area contributed by atoms with Crippen molar-refractivity contribution in [2.45, 2.75) is 13.0 Å². The third-order valence-corrected chi connectivity index (χ3v) is 4.68. The van der Waals surface area contributed by atoms with E-state index in [1.807, 2.05) is 49.4 Å². The van der Waals surface area contributed by atoms with Crippen LogP contribution in [-0.2, 0) is 0 Å². The quantitative estimate of drug-likeness (QED) is 0.627. The summed E-state index contributed by atoms with van der Waals surface area (Å²) in [4.78, 5) is 12.4. The van der Waals surface area contributed by atoms with Crippen LogP contribution in [0.1, 0.15) is 28.9 Å². The van der Waals surface area contributed by atoms with Gasteiger partial charge in [-0.25, -0.2) is 0 Å². The van der Waals surface area contributed by atoms with Gasteiger partial charge >= 0.3 is 0 Å². The number of amides is 1. The van der Waals surface area contributed by atoms with Gasteiger partial charge in [-0.15, -0.1) is 0 Å². The molecule has 24 heavy (non-hydrogen) atoms. The first-order valence-electron chi connectivity index (χ1n) is 7.86. The third kappa shape index (κ3) is 3.74. The number of nitrogens with one attached hydrogen (secondary N) is 1. The minimum absolute atomic E-state index is 0.0607. The van der Waals surface area contributed by atoms with E-state index in [1.165, 1.54) is 11.1 Å². The summed E-state index contributed by atoms with van der Waals surface area (Å²) >= 11 is 3.42. The summed E-state index contributed by atoms with van der Waals surface area (Å²) in [6, 6.07) is 25.9. The van der Waals surface area contributed by atoms with Gasteiger partial charge in [-0.2, -0.15) is 0 Å². The van der Waals surface area contributed by atoms with Crippen molar-refractivity contribution >= 4 is 21.8 Å². The van der Waals surface area contributed by atoms with Crippen LogP contribution in [0.5, 0.6) is 0 Å². The molecule has 0 radical (unpaired) electrons. The molecule has 0 fully saturated rings. The van der Waals surface area contributed by atoms with E-state index in [0.717, 1.165) is 10.0 Å². The number of hydrogen-bond donors (Lipinski definition) is 1. The van der Waals surface area contributed by atoms with Gasteiger partial charge in [0.05, 0.1) is 11.6 Å². The van der Waals surface area contributed by atoms with Gasteiger partial charge < -0.3 is 5.32 Å². The first-order valence-corrected chi connectivity index (χ1v) is 8.65. The number of carbonyl (C=O) groups is 1. The van der Waals surface area contributed by atoms with Crippen LogP contribution in [0.15, 0.2) is 83.3 Å². The molecule has 3 aromatic rings. The second-order valence-corrected chi connectivity index (χ2v) is 6.52. The Kier molecular flexibility index (Phi) is 5.11. The monoisotopic (exact) mass is 379 g/mol. The molecule has 1 amide bonds. The maximum absolute atomic E-state index is 12.4. The molecule has 0 bridgehead atoms. The van der Waals surface area contributed by atoms with Gasteiger partial charge in [-0.3, -0.25) is 4.79 Å². The smallest absolute Gasteiger partial charge is 0.252 e. The highest BCUT2D eigenvalue weighted by molar-refractivity contribution is 9.10. The van der Waals surface area contributed by atoms with Crippen LogP contribution in [0.2, 0.25) is 0 Å². The highest BCUT2D eigenvalue weighted by atomic mass is 79.9. The molecule has 0 saturated heterocycles. The van der Waals surface area contributed by atoms with E-state index in [0.29, 0.717) is 5.56 Å². The lowest BCUT2D eigenvalue weighted by Gasteiger charge is -2.15. The molecule has 3 heteroatoms. The van der Waals surface area contributed by atoms with Gasteiger partial charge in [0, 0.05) is 4.47 Å². The molecule has 1 atom stereocenters. The molecule has 0 aliphatic carbocycles. The van der Waals surface area contributed by atoms with Crippen molar-refractivity contribution in [2.75, 3.05) is 0 Å². The molecule has 0 aliphatic rings. The predicted molar refractivity (Wildman–Crippen MR) is 102 cm³/mol. The summed E-state index contributed by atoms with van der Waals surface area (Å²) in [6.45, 7) is 1.99. The summed E-state index contributed by atoms with van der Waals surface area (Å²) in [7, 11) is 0. The Balaban J connectivity index is 1.73. The van der Waals surface area contributed by atoms with Gasteiger partial charge in [0.15, 0.2) is 0 Å². The Morgan fingerprint density at radius 2 is 1.42 bits per heavy atom. The zero-order valence-corrected chi connectivity index (χ0v) is 15.0. The average molecular weight is 380 g/mol. The fourth-order valence-corrected chi connectivity index (χ4v) is 3.06. The van der Waals surface area contributed by atoms with Crippen LogP contribution < -0.4 is 5.32 Å². The zero-order chi connectivity index (χ0) is 16.9. The Labute approximate surface area is 150 Å². The largest absolute Gasteiger partial charge is 0.345 e. The summed E-state index contributed by atoms with van der Waals surface area (Å²) in [5.74, 6) is -0.0814. The van der Waals surface area contributed by atoms with E-state index >= 15 is 0 Å². The molecule has 3 aromatic carbocycles. The number of benzene rings is 3. The summed E-state index contributed by atoms with van der Waals surface area (Å²) in [6.07, 6.45) is 0. The normalized spacial score (nSPS) is 11.8. The van der Waals surface area contributed by atoms with Gasteiger partial charge in [-0.05, 0) is 51.7 Å². The number of rotatable bonds is 4. The molecule has 1 N–H and O–H groups in total. The summed E-state index contributed by atoms with van der Waals surface area (Å²) < 4.78 is 0.800. The predicted octanol–water partition coefficient (Wildman–Crippen LogP) is 5.61. The van der Waals surface area contributed by atoms with Crippen LogP contribution in [0, 0.1) is 0 Å². The number of hydrogen-bond acceptors (Lipinski definition) is 1. The molecule has 3 rings (SSSR count).